The van der Waals surface area contributed by atoms with Crippen LogP contribution in [0.5, 0.6) is 0 Å². The number of carbonyl (C=O) groups excluding carboxylic acids is 1. The molecule has 0 aliphatic heterocycles. The third-order valence-electron chi connectivity index (χ3n) is 4.74. The Balaban J connectivity index is 2.06. The van der Waals surface area contributed by atoms with E-state index in [0.717, 1.165) is 0 Å². The van der Waals surface area contributed by atoms with Crippen LogP contribution in [0.3, 0.4) is 0 Å². The van der Waals surface area contributed by atoms with E-state index < -0.39 is 29.2 Å². The van der Waals surface area contributed by atoms with Crippen molar-refractivity contribution in [1.82, 2.24) is 0 Å². The molecule has 0 radical (unpaired) electrons. The number of benzene rings is 2. The zero-order valence-corrected chi connectivity index (χ0v) is 14.4. The third kappa shape index (κ3) is 3.04. The summed E-state index contributed by atoms with van der Waals surface area (Å²) in [5, 5.41) is 22.2. The maximum Gasteiger partial charge on any atom is 0.321 e. The highest BCUT2D eigenvalue weighted by Crippen LogP contribution is 2.45. The van der Waals surface area contributed by atoms with Gasteiger partial charge in [-0.1, -0.05) is 41.9 Å². The molecule has 0 fully saturated rings. The maximum atomic E-state index is 12.8. The Hall–Kier alpha value is -2.86. The van der Waals surface area contributed by atoms with Gasteiger partial charge in [0.1, 0.15) is 0 Å². The molecule has 6 nitrogen and oxygen atoms in total. The van der Waals surface area contributed by atoms with Gasteiger partial charge in [0.05, 0.1) is 5.92 Å². The van der Waals surface area contributed by atoms with E-state index in [-0.39, 0.29) is 17.9 Å². The van der Waals surface area contributed by atoms with Gasteiger partial charge in [-0.25, -0.2) is 0 Å². The van der Waals surface area contributed by atoms with Crippen LogP contribution >= 0.6 is 11.6 Å². The quantitative estimate of drug-likeness (QED) is 0.714. The van der Waals surface area contributed by atoms with E-state index in [1.54, 1.807) is 48.5 Å². The summed E-state index contributed by atoms with van der Waals surface area (Å²) < 4.78 is 0. The van der Waals surface area contributed by atoms with Crippen molar-refractivity contribution in [2.24, 2.45) is 5.41 Å². The van der Waals surface area contributed by atoms with Crippen LogP contribution in [0.25, 0.3) is 0 Å². The van der Waals surface area contributed by atoms with Crippen LogP contribution in [-0.2, 0) is 20.8 Å². The lowest BCUT2D eigenvalue weighted by atomic mass is 9.66. The maximum absolute atomic E-state index is 12.8. The lowest BCUT2D eigenvalue weighted by Crippen LogP contribution is -2.47. The van der Waals surface area contributed by atoms with Gasteiger partial charge in [0.25, 0.3) is 0 Å². The van der Waals surface area contributed by atoms with Gasteiger partial charge < -0.3 is 15.5 Å². The lowest BCUT2D eigenvalue weighted by Gasteiger charge is -2.35. The van der Waals surface area contributed by atoms with Gasteiger partial charge in [0.15, 0.2) is 5.41 Å². The summed E-state index contributed by atoms with van der Waals surface area (Å²) >= 11 is 6.19. The van der Waals surface area contributed by atoms with Crippen molar-refractivity contribution < 1.29 is 24.6 Å². The highest BCUT2D eigenvalue weighted by molar-refractivity contribution is 6.31. The number of anilines is 1. The molecule has 1 amide bonds. The fourth-order valence-electron chi connectivity index (χ4n) is 3.32. The predicted octanol–water partition coefficient (Wildman–Crippen LogP) is 3.16. The van der Waals surface area contributed by atoms with E-state index >= 15 is 0 Å². The number of hydrogen-bond acceptors (Lipinski definition) is 3. The van der Waals surface area contributed by atoms with E-state index in [1.165, 1.54) is 0 Å². The molecule has 0 heterocycles. The minimum atomic E-state index is -2.10. The normalized spacial score (nSPS) is 17.8. The third-order valence-corrected chi connectivity index (χ3v) is 5.09. The molecule has 0 aromatic heterocycles. The van der Waals surface area contributed by atoms with Gasteiger partial charge in [-0.2, -0.15) is 0 Å². The van der Waals surface area contributed by atoms with Gasteiger partial charge in [-0.05, 0) is 35.7 Å². The number of hydrogen-bond donors (Lipinski definition) is 3. The molecule has 3 rings (SSSR count). The Bertz CT molecular complexity index is 867. The van der Waals surface area contributed by atoms with E-state index in [2.05, 4.69) is 5.32 Å². The molecule has 0 saturated carbocycles. The molecule has 0 spiro atoms. The molecule has 1 atom stereocenters. The van der Waals surface area contributed by atoms with Crippen molar-refractivity contribution in [3.8, 4) is 0 Å². The second-order valence-electron chi connectivity index (χ2n) is 6.29. The van der Waals surface area contributed by atoms with Crippen molar-refractivity contribution in [2.45, 2.75) is 18.8 Å². The van der Waals surface area contributed by atoms with Crippen LogP contribution in [0.4, 0.5) is 5.69 Å². The number of rotatable bonds is 4. The monoisotopic (exact) mass is 373 g/mol. The molecule has 0 bridgehead atoms. The molecule has 0 saturated heterocycles. The number of para-hydroxylation sites is 1. The second-order valence-corrected chi connectivity index (χ2v) is 6.70. The summed E-state index contributed by atoms with van der Waals surface area (Å²) in [7, 11) is 0. The summed E-state index contributed by atoms with van der Waals surface area (Å²) in [6.45, 7) is 0. The average Bonchev–Trinajstić information content (AvgIpc) is 2.61. The number of carboxylic acid groups (broad SMARTS) is 2. The van der Waals surface area contributed by atoms with Crippen LogP contribution in [0.1, 0.15) is 23.5 Å². The Morgan fingerprint density at radius 1 is 1.00 bits per heavy atom. The lowest BCUT2D eigenvalue weighted by molar-refractivity contribution is -0.166. The fraction of sp³-hybridized carbons (Fsp3) is 0.211. The molecule has 134 valence electrons. The molecule has 26 heavy (non-hydrogen) atoms. The van der Waals surface area contributed by atoms with Gasteiger partial charge in [-0.15, -0.1) is 0 Å². The van der Waals surface area contributed by atoms with E-state index in [0.29, 0.717) is 16.8 Å². The van der Waals surface area contributed by atoms with Crippen LogP contribution < -0.4 is 5.32 Å². The molecule has 2 aromatic carbocycles. The molecule has 1 aliphatic carbocycles. The summed E-state index contributed by atoms with van der Waals surface area (Å²) in [4.78, 5) is 36.5. The van der Waals surface area contributed by atoms with Gasteiger partial charge in [0, 0.05) is 17.1 Å². The smallest absolute Gasteiger partial charge is 0.321 e. The van der Waals surface area contributed by atoms with Gasteiger partial charge >= 0.3 is 11.9 Å². The minimum absolute atomic E-state index is 0.256. The summed E-state index contributed by atoms with van der Waals surface area (Å²) in [6, 6.07) is 13.6. The number of amides is 1. The van der Waals surface area contributed by atoms with Crippen LogP contribution in [-0.4, -0.2) is 28.1 Å². The van der Waals surface area contributed by atoms with Crippen molar-refractivity contribution in [1.29, 1.82) is 0 Å². The number of aliphatic carboxylic acids is 2. The second kappa shape index (κ2) is 6.80. The van der Waals surface area contributed by atoms with Crippen LogP contribution in [0, 0.1) is 5.41 Å². The summed E-state index contributed by atoms with van der Waals surface area (Å²) in [5.41, 5.74) is -0.609. The Labute approximate surface area is 154 Å². The summed E-state index contributed by atoms with van der Waals surface area (Å²) in [6.07, 6.45) is -0.606. The van der Waals surface area contributed by atoms with Crippen LogP contribution in [0.2, 0.25) is 5.02 Å². The Kier molecular flexibility index (Phi) is 4.70. The minimum Gasteiger partial charge on any atom is -0.480 e. The fourth-order valence-corrected chi connectivity index (χ4v) is 3.57. The highest BCUT2D eigenvalue weighted by atomic mass is 35.5. The predicted molar refractivity (Wildman–Crippen MR) is 95.3 cm³/mol. The zero-order valence-electron chi connectivity index (χ0n) is 13.6. The van der Waals surface area contributed by atoms with Crippen molar-refractivity contribution in [3.05, 3.63) is 64.7 Å². The standard InChI is InChI=1S/C19H16ClNO5/c20-15-8-4-7-12-13(15)9-19(17(23)24,18(25)26)10-14(12)16(22)21-11-5-2-1-3-6-11/h1-8,14H,9-10H2,(H,21,22)(H,23,24)(H,25,26). The molecule has 3 N–H and O–H groups in total. The first kappa shape index (κ1) is 17.9. The van der Waals surface area contributed by atoms with Gasteiger partial charge in [0.2, 0.25) is 5.91 Å². The number of nitrogens with one attached hydrogen (secondary N) is 1. The van der Waals surface area contributed by atoms with Crippen molar-refractivity contribution in [2.75, 3.05) is 5.32 Å². The highest BCUT2D eigenvalue weighted by Gasteiger charge is 2.53. The largest absolute Gasteiger partial charge is 0.480 e. The number of carboxylic acids is 2. The first-order chi connectivity index (χ1) is 12.3. The van der Waals surface area contributed by atoms with E-state index in [9.17, 15) is 24.6 Å². The summed E-state index contributed by atoms with van der Waals surface area (Å²) in [5.74, 6) is -4.36. The average molecular weight is 374 g/mol. The molecular formula is C19H16ClNO5. The SMILES string of the molecule is O=C(Nc1ccccc1)C1CC(C(=O)O)(C(=O)O)Cc2c(Cl)cccc21. The molecule has 1 unspecified atom stereocenters. The van der Waals surface area contributed by atoms with Crippen molar-refractivity contribution >= 4 is 35.1 Å². The molecule has 1 aliphatic rings. The van der Waals surface area contributed by atoms with Crippen LogP contribution in [0.15, 0.2) is 48.5 Å². The van der Waals surface area contributed by atoms with E-state index in [1.807, 2.05) is 0 Å². The number of carbonyl (C=O) groups is 3. The Morgan fingerprint density at radius 2 is 1.65 bits per heavy atom. The first-order valence-electron chi connectivity index (χ1n) is 7.95. The topological polar surface area (TPSA) is 104 Å². The number of fused-ring (bicyclic) bond motifs is 1. The molecule has 7 heteroatoms. The van der Waals surface area contributed by atoms with Gasteiger partial charge in [-0.3, -0.25) is 14.4 Å². The first-order valence-corrected chi connectivity index (χ1v) is 8.33. The Morgan fingerprint density at radius 3 is 2.27 bits per heavy atom. The van der Waals surface area contributed by atoms with Crippen molar-refractivity contribution in [3.63, 3.8) is 0 Å². The number of halogens is 1. The molecular weight excluding hydrogens is 358 g/mol. The van der Waals surface area contributed by atoms with E-state index in [4.69, 9.17) is 11.6 Å². The molecule has 2 aromatic rings. The zero-order chi connectivity index (χ0) is 18.9.